The number of benzene rings is 2. The molecule has 2 aromatic carbocycles. The largest absolute Gasteiger partial charge is 0.358 e. The van der Waals surface area contributed by atoms with E-state index in [2.05, 4.69) is 0 Å². The minimum atomic E-state index is -0.436. The minimum Gasteiger partial charge on any atom is -0.358 e. The van der Waals surface area contributed by atoms with Gasteiger partial charge in [0.05, 0.1) is 0 Å². The van der Waals surface area contributed by atoms with Crippen LogP contribution in [0.25, 0.3) is 11.1 Å². The number of carbonyl (C=O) groups excluding carboxylic acids is 2. The van der Waals surface area contributed by atoms with E-state index < -0.39 is 6.23 Å². The van der Waals surface area contributed by atoms with Crippen molar-refractivity contribution in [2.45, 2.75) is 26.0 Å². The van der Waals surface area contributed by atoms with Crippen LogP contribution in [0.5, 0.6) is 0 Å². The Labute approximate surface area is 135 Å². The van der Waals surface area contributed by atoms with Gasteiger partial charge in [0.2, 0.25) is 5.91 Å². The first-order valence-electron chi connectivity index (χ1n) is 7.84. The Kier molecular flexibility index (Phi) is 4.53. The molecule has 1 heterocycles. The molecule has 1 aliphatic rings. The van der Waals surface area contributed by atoms with E-state index in [0.29, 0.717) is 25.0 Å². The van der Waals surface area contributed by atoms with Gasteiger partial charge in [-0.15, -0.1) is 0 Å². The molecule has 23 heavy (non-hydrogen) atoms. The molecule has 0 spiro atoms. The summed E-state index contributed by atoms with van der Waals surface area (Å²) in [4.78, 5) is 25.9. The van der Waals surface area contributed by atoms with E-state index in [9.17, 15) is 9.59 Å². The summed E-state index contributed by atoms with van der Waals surface area (Å²) in [6, 6.07) is 17.3. The van der Waals surface area contributed by atoms with Gasteiger partial charge in [0, 0.05) is 25.0 Å². The molecule has 1 saturated heterocycles. The predicted molar refractivity (Wildman–Crippen MR) is 87.7 cm³/mol. The average Bonchev–Trinajstić information content (AvgIpc) is 2.96. The maximum absolute atomic E-state index is 12.6. The summed E-state index contributed by atoms with van der Waals surface area (Å²) in [5.41, 5.74) is 2.64. The number of hydrogen-bond acceptors (Lipinski definition) is 3. The number of rotatable bonds is 4. The first kappa shape index (κ1) is 15.4. The van der Waals surface area contributed by atoms with E-state index in [1.165, 1.54) is 4.90 Å². The molecule has 2 aromatic rings. The number of amides is 2. The molecule has 4 heteroatoms. The van der Waals surface area contributed by atoms with Crippen molar-refractivity contribution < 1.29 is 14.3 Å². The van der Waals surface area contributed by atoms with E-state index in [4.69, 9.17) is 4.74 Å². The van der Waals surface area contributed by atoms with Crippen LogP contribution in [0.2, 0.25) is 0 Å². The van der Waals surface area contributed by atoms with Crippen LogP contribution >= 0.6 is 0 Å². The van der Waals surface area contributed by atoms with Gasteiger partial charge < -0.3 is 4.74 Å². The van der Waals surface area contributed by atoms with Crippen molar-refractivity contribution in [1.82, 2.24) is 4.90 Å². The Bertz CT molecular complexity index is 694. The fraction of sp³-hybridized carbons (Fsp3) is 0.263. The normalized spacial score (nSPS) is 17.5. The lowest BCUT2D eigenvalue weighted by Gasteiger charge is -2.22. The fourth-order valence-electron chi connectivity index (χ4n) is 2.83. The maximum atomic E-state index is 12.6. The molecule has 1 aliphatic heterocycles. The second-order valence-corrected chi connectivity index (χ2v) is 5.46. The zero-order chi connectivity index (χ0) is 16.2. The smallest absolute Gasteiger partial charge is 0.262 e. The molecule has 1 fully saturated rings. The standard InChI is InChI=1S/C19H19NO3/c1-2-23-18-13-12-17(21)20(18)19(22)16-10-8-15(9-11-16)14-6-4-3-5-7-14/h3-11,18H,2,12-13H2,1H3. The third-order valence-corrected chi connectivity index (χ3v) is 3.98. The van der Waals surface area contributed by atoms with Gasteiger partial charge in [0.1, 0.15) is 6.23 Å². The SMILES string of the molecule is CCOC1CCC(=O)N1C(=O)c1ccc(-c2ccccc2)cc1. The summed E-state index contributed by atoms with van der Waals surface area (Å²) in [5.74, 6) is -0.453. The van der Waals surface area contributed by atoms with Crippen molar-refractivity contribution in [3.05, 3.63) is 60.2 Å². The molecule has 0 bridgehead atoms. The number of carbonyl (C=O) groups is 2. The van der Waals surface area contributed by atoms with Crippen LogP contribution in [0.1, 0.15) is 30.1 Å². The van der Waals surface area contributed by atoms with Crippen molar-refractivity contribution in [2.24, 2.45) is 0 Å². The molecule has 2 amide bonds. The molecule has 1 atom stereocenters. The Morgan fingerprint density at radius 1 is 1.09 bits per heavy atom. The molecule has 0 aliphatic carbocycles. The second-order valence-electron chi connectivity index (χ2n) is 5.46. The zero-order valence-corrected chi connectivity index (χ0v) is 13.1. The molecular weight excluding hydrogens is 290 g/mol. The topological polar surface area (TPSA) is 46.6 Å². The van der Waals surface area contributed by atoms with Crippen molar-refractivity contribution in [1.29, 1.82) is 0 Å². The van der Waals surface area contributed by atoms with Gasteiger partial charge in [-0.1, -0.05) is 42.5 Å². The van der Waals surface area contributed by atoms with Crippen molar-refractivity contribution >= 4 is 11.8 Å². The molecule has 0 aromatic heterocycles. The second kappa shape index (κ2) is 6.75. The van der Waals surface area contributed by atoms with E-state index >= 15 is 0 Å². The highest BCUT2D eigenvalue weighted by Gasteiger charge is 2.36. The Morgan fingerprint density at radius 2 is 1.74 bits per heavy atom. The van der Waals surface area contributed by atoms with E-state index in [1.54, 1.807) is 12.1 Å². The van der Waals surface area contributed by atoms with Crippen molar-refractivity contribution in [3.8, 4) is 11.1 Å². The summed E-state index contributed by atoms with van der Waals surface area (Å²) in [6.07, 6.45) is 0.493. The molecule has 1 unspecified atom stereocenters. The van der Waals surface area contributed by atoms with Crippen LogP contribution in [0, 0.1) is 0 Å². The van der Waals surface area contributed by atoms with E-state index in [1.807, 2.05) is 49.4 Å². The third kappa shape index (κ3) is 3.17. The van der Waals surface area contributed by atoms with Crippen LogP contribution in [-0.4, -0.2) is 29.5 Å². The highest BCUT2D eigenvalue weighted by Crippen LogP contribution is 2.24. The fourth-order valence-corrected chi connectivity index (χ4v) is 2.83. The molecule has 3 rings (SSSR count). The summed E-state index contributed by atoms with van der Waals surface area (Å²) in [6.45, 7) is 2.34. The first-order valence-corrected chi connectivity index (χ1v) is 7.84. The van der Waals surface area contributed by atoms with Gasteiger partial charge in [-0.3, -0.25) is 14.5 Å². The monoisotopic (exact) mass is 309 g/mol. The van der Waals surface area contributed by atoms with Gasteiger partial charge in [-0.25, -0.2) is 0 Å². The van der Waals surface area contributed by atoms with Gasteiger partial charge in [-0.2, -0.15) is 0 Å². The quantitative estimate of drug-likeness (QED) is 0.812. The molecule has 0 saturated carbocycles. The maximum Gasteiger partial charge on any atom is 0.262 e. The molecule has 4 nitrogen and oxygen atoms in total. The van der Waals surface area contributed by atoms with Crippen LogP contribution < -0.4 is 0 Å². The number of hydrogen-bond donors (Lipinski definition) is 0. The zero-order valence-electron chi connectivity index (χ0n) is 13.1. The predicted octanol–water partition coefficient (Wildman–Crippen LogP) is 3.48. The van der Waals surface area contributed by atoms with Gasteiger partial charge in [-0.05, 0) is 30.2 Å². The lowest BCUT2D eigenvalue weighted by molar-refractivity contribution is -0.131. The summed E-state index contributed by atoms with van der Waals surface area (Å²) < 4.78 is 5.51. The number of nitrogens with zero attached hydrogens (tertiary/aromatic N) is 1. The average molecular weight is 309 g/mol. The molecule has 0 radical (unpaired) electrons. The Morgan fingerprint density at radius 3 is 2.39 bits per heavy atom. The third-order valence-electron chi connectivity index (χ3n) is 3.98. The lowest BCUT2D eigenvalue weighted by Crippen LogP contribution is -2.40. The Balaban J connectivity index is 1.81. The van der Waals surface area contributed by atoms with Crippen LogP contribution in [0.3, 0.4) is 0 Å². The van der Waals surface area contributed by atoms with Crippen molar-refractivity contribution in [3.63, 3.8) is 0 Å². The van der Waals surface area contributed by atoms with Gasteiger partial charge in [0.25, 0.3) is 5.91 Å². The van der Waals surface area contributed by atoms with E-state index in [-0.39, 0.29) is 11.8 Å². The molecular formula is C19H19NO3. The lowest BCUT2D eigenvalue weighted by atomic mass is 10.0. The summed E-state index contributed by atoms with van der Waals surface area (Å²) in [7, 11) is 0. The highest BCUT2D eigenvalue weighted by atomic mass is 16.5. The minimum absolute atomic E-state index is 0.166. The number of imide groups is 1. The van der Waals surface area contributed by atoms with E-state index in [0.717, 1.165) is 11.1 Å². The highest BCUT2D eigenvalue weighted by molar-refractivity contribution is 6.06. The number of ether oxygens (including phenoxy) is 1. The first-order chi connectivity index (χ1) is 11.2. The van der Waals surface area contributed by atoms with Gasteiger partial charge >= 0.3 is 0 Å². The molecule has 118 valence electrons. The summed E-state index contributed by atoms with van der Waals surface area (Å²) in [5, 5.41) is 0. The number of likely N-dealkylation sites (tertiary alicyclic amines) is 1. The van der Waals surface area contributed by atoms with Crippen LogP contribution in [0.4, 0.5) is 0 Å². The van der Waals surface area contributed by atoms with Crippen LogP contribution in [0.15, 0.2) is 54.6 Å². The van der Waals surface area contributed by atoms with Crippen LogP contribution in [-0.2, 0) is 9.53 Å². The molecule has 0 N–H and O–H groups in total. The van der Waals surface area contributed by atoms with Gasteiger partial charge in [0.15, 0.2) is 0 Å². The Hall–Kier alpha value is -2.46. The summed E-state index contributed by atoms with van der Waals surface area (Å²) >= 11 is 0. The van der Waals surface area contributed by atoms with Crippen molar-refractivity contribution in [2.75, 3.05) is 6.61 Å².